The van der Waals surface area contributed by atoms with Crippen molar-refractivity contribution >= 4 is 5.69 Å². The maximum absolute atomic E-state index is 14.8. The summed E-state index contributed by atoms with van der Waals surface area (Å²) in [6.45, 7) is 9.49. The standard InChI is InChI=1S/C22H27FN6/c1-22(2,3)29-21(24-25-26-29)20(18-11-7-8-12-19(18)23)28-15-13-27(14-16-28)17-9-5-4-6-10-17/h4-12,20H,13-16H2,1-3H3. The molecule has 2 aromatic carbocycles. The summed E-state index contributed by atoms with van der Waals surface area (Å²) in [5, 5.41) is 12.5. The number of rotatable bonds is 4. The molecular weight excluding hydrogens is 367 g/mol. The molecule has 0 radical (unpaired) electrons. The van der Waals surface area contributed by atoms with Crippen molar-refractivity contribution in [1.29, 1.82) is 0 Å². The SMILES string of the molecule is CC(C)(C)n1nnnc1C(c1ccccc1F)N1CCN(c2ccccc2)CC1. The van der Waals surface area contributed by atoms with E-state index in [1.807, 2.05) is 22.9 Å². The Morgan fingerprint density at radius 3 is 2.21 bits per heavy atom. The molecule has 4 rings (SSSR count). The first-order valence-electron chi connectivity index (χ1n) is 10.0. The molecule has 1 fully saturated rings. The first-order chi connectivity index (χ1) is 13.9. The van der Waals surface area contributed by atoms with Gasteiger partial charge in [0.2, 0.25) is 0 Å². The highest BCUT2D eigenvalue weighted by Gasteiger charge is 2.34. The second-order valence-corrected chi connectivity index (χ2v) is 8.40. The Kier molecular flexibility index (Phi) is 5.32. The molecule has 0 aliphatic carbocycles. The summed E-state index contributed by atoms with van der Waals surface area (Å²) in [5.41, 5.74) is 1.53. The maximum atomic E-state index is 14.8. The summed E-state index contributed by atoms with van der Waals surface area (Å²) in [6, 6.07) is 17.0. The van der Waals surface area contributed by atoms with E-state index in [1.165, 1.54) is 11.8 Å². The van der Waals surface area contributed by atoms with Gasteiger partial charge in [0, 0.05) is 37.4 Å². The molecule has 1 aliphatic heterocycles. The third kappa shape index (κ3) is 4.00. The number of nitrogens with zero attached hydrogens (tertiary/aromatic N) is 6. The fourth-order valence-corrected chi connectivity index (χ4v) is 3.92. The van der Waals surface area contributed by atoms with Crippen LogP contribution in [0.25, 0.3) is 0 Å². The van der Waals surface area contributed by atoms with Crippen LogP contribution in [0.1, 0.15) is 38.2 Å². The van der Waals surface area contributed by atoms with Gasteiger partial charge in [0.15, 0.2) is 5.82 Å². The zero-order chi connectivity index (χ0) is 20.4. The number of para-hydroxylation sites is 1. The summed E-state index contributed by atoms with van der Waals surface area (Å²) in [6.07, 6.45) is 0. The lowest BCUT2D eigenvalue weighted by Crippen LogP contribution is -2.49. The van der Waals surface area contributed by atoms with Gasteiger partial charge in [-0.3, -0.25) is 4.90 Å². The van der Waals surface area contributed by atoms with Crippen LogP contribution in [0.15, 0.2) is 54.6 Å². The van der Waals surface area contributed by atoms with Crippen molar-refractivity contribution in [3.05, 3.63) is 71.8 Å². The van der Waals surface area contributed by atoms with Crippen molar-refractivity contribution in [3.63, 3.8) is 0 Å². The Balaban J connectivity index is 1.66. The molecule has 1 aliphatic rings. The van der Waals surface area contributed by atoms with Crippen LogP contribution in [0.5, 0.6) is 0 Å². The Bertz CT molecular complexity index is 941. The molecule has 2 heterocycles. The smallest absolute Gasteiger partial charge is 0.173 e. The molecule has 1 unspecified atom stereocenters. The number of anilines is 1. The lowest BCUT2D eigenvalue weighted by atomic mass is 10.0. The number of aromatic nitrogens is 4. The molecule has 29 heavy (non-hydrogen) atoms. The van der Waals surface area contributed by atoms with Gasteiger partial charge in [-0.25, -0.2) is 9.07 Å². The lowest BCUT2D eigenvalue weighted by Gasteiger charge is -2.40. The van der Waals surface area contributed by atoms with Crippen LogP contribution in [0.3, 0.4) is 0 Å². The topological polar surface area (TPSA) is 50.1 Å². The molecule has 3 aromatic rings. The van der Waals surface area contributed by atoms with Gasteiger partial charge in [-0.1, -0.05) is 36.4 Å². The first kappa shape index (κ1) is 19.5. The molecule has 152 valence electrons. The molecule has 0 saturated carbocycles. The van der Waals surface area contributed by atoms with Gasteiger partial charge in [-0.2, -0.15) is 0 Å². The van der Waals surface area contributed by atoms with E-state index < -0.39 is 0 Å². The van der Waals surface area contributed by atoms with Crippen LogP contribution in [-0.2, 0) is 5.54 Å². The molecule has 7 heteroatoms. The average Bonchev–Trinajstić information content (AvgIpc) is 3.21. The van der Waals surface area contributed by atoms with E-state index in [0.29, 0.717) is 11.4 Å². The van der Waals surface area contributed by atoms with E-state index in [-0.39, 0.29) is 17.4 Å². The van der Waals surface area contributed by atoms with Gasteiger partial charge < -0.3 is 4.90 Å². The van der Waals surface area contributed by atoms with Gasteiger partial charge in [0.25, 0.3) is 0 Å². The minimum Gasteiger partial charge on any atom is -0.369 e. The summed E-state index contributed by atoms with van der Waals surface area (Å²) in [4.78, 5) is 4.65. The van der Waals surface area contributed by atoms with Crippen LogP contribution in [-0.4, -0.2) is 51.3 Å². The van der Waals surface area contributed by atoms with Gasteiger partial charge in [0.1, 0.15) is 11.9 Å². The van der Waals surface area contributed by atoms with E-state index in [2.05, 4.69) is 70.4 Å². The molecule has 1 atom stereocenters. The second kappa shape index (κ2) is 7.91. The van der Waals surface area contributed by atoms with Gasteiger partial charge >= 0.3 is 0 Å². The Hall–Kier alpha value is -2.80. The predicted octanol–water partition coefficient (Wildman–Crippen LogP) is 3.48. The van der Waals surface area contributed by atoms with Gasteiger partial charge in [0.05, 0.1) is 5.54 Å². The van der Waals surface area contributed by atoms with Crippen molar-refractivity contribution < 1.29 is 4.39 Å². The van der Waals surface area contributed by atoms with Crippen molar-refractivity contribution in [3.8, 4) is 0 Å². The minimum absolute atomic E-state index is 0.230. The molecule has 1 aromatic heterocycles. The van der Waals surface area contributed by atoms with E-state index >= 15 is 0 Å². The normalized spacial score (nSPS) is 16.8. The number of hydrogen-bond acceptors (Lipinski definition) is 5. The molecule has 0 amide bonds. The number of piperazine rings is 1. The highest BCUT2D eigenvalue weighted by molar-refractivity contribution is 5.46. The molecule has 0 bridgehead atoms. The fourth-order valence-electron chi connectivity index (χ4n) is 3.92. The molecule has 1 saturated heterocycles. The Labute approximate surface area is 170 Å². The van der Waals surface area contributed by atoms with Crippen LogP contribution in [0, 0.1) is 5.82 Å². The van der Waals surface area contributed by atoms with Crippen molar-refractivity contribution in [2.75, 3.05) is 31.1 Å². The van der Waals surface area contributed by atoms with Crippen LogP contribution in [0.4, 0.5) is 10.1 Å². The van der Waals surface area contributed by atoms with Crippen LogP contribution < -0.4 is 4.90 Å². The van der Waals surface area contributed by atoms with Crippen molar-refractivity contribution in [1.82, 2.24) is 25.1 Å². The van der Waals surface area contributed by atoms with Crippen LogP contribution in [0.2, 0.25) is 0 Å². The number of halogens is 1. The van der Waals surface area contributed by atoms with Gasteiger partial charge in [-0.15, -0.1) is 5.10 Å². The van der Waals surface area contributed by atoms with E-state index in [4.69, 9.17) is 0 Å². The third-order valence-electron chi connectivity index (χ3n) is 5.37. The van der Waals surface area contributed by atoms with E-state index in [0.717, 1.165) is 26.2 Å². The lowest BCUT2D eigenvalue weighted by molar-refractivity contribution is 0.188. The predicted molar refractivity (Wildman–Crippen MR) is 111 cm³/mol. The van der Waals surface area contributed by atoms with Gasteiger partial charge in [-0.05, 0) is 49.4 Å². The maximum Gasteiger partial charge on any atom is 0.173 e. The Morgan fingerprint density at radius 1 is 0.897 bits per heavy atom. The second-order valence-electron chi connectivity index (χ2n) is 8.40. The van der Waals surface area contributed by atoms with E-state index in [1.54, 1.807) is 6.07 Å². The number of tetrazole rings is 1. The fraction of sp³-hybridized carbons (Fsp3) is 0.409. The monoisotopic (exact) mass is 394 g/mol. The first-order valence-corrected chi connectivity index (χ1v) is 10.0. The number of hydrogen-bond donors (Lipinski definition) is 0. The molecule has 0 N–H and O–H groups in total. The molecule has 6 nitrogen and oxygen atoms in total. The summed E-state index contributed by atoms with van der Waals surface area (Å²) in [7, 11) is 0. The van der Waals surface area contributed by atoms with Crippen molar-refractivity contribution in [2.24, 2.45) is 0 Å². The number of benzene rings is 2. The molecule has 0 spiro atoms. The zero-order valence-electron chi connectivity index (χ0n) is 17.2. The highest BCUT2D eigenvalue weighted by Crippen LogP contribution is 2.32. The Morgan fingerprint density at radius 2 is 1.55 bits per heavy atom. The zero-order valence-corrected chi connectivity index (χ0v) is 17.2. The largest absolute Gasteiger partial charge is 0.369 e. The highest BCUT2D eigenvalue weighted by atomic mass is 19.1. The average molecular weight is 394 g/mol. The minimum atomic E-state index is -0.330. The van der Waals surface area contributed by atoms with Crippen LogP contribution >= 0.6 is 0 Å². The molecular formula is C22H27FN6. The van der Waals surface area contributed by atoms with E-state index in [9.17, 15) is 4.39 Å². The third-order valence-corrected chi connectivity index (χ3v) is 5.37. The summed E-state index contributed by atoms with van der Waals surface area (Å²) >= 11 is 0. The van der Waals surface area contributed by atoms with Crippen molar-refractivity contribution in [2.45, 2.75) is 32.4 Å². The summed E-state index contributed by atoms with van der Waals surface area (Å²) in [5.74, 6) is 0.446. The summed E-state index contributed by atoms with van der Waals surface area (Å²) < 4.78 is 16.7. The quantitative estimate of drug-likeness (QED) is 0.678.